The molecule has 0 radical (unpaired) electrons. The molecule has 1 N–H and O–H groups in total. The standard InChI is InChI=1S/C16H17FN2O2/c1-10-15(20)14-13(18(10)2)7-8-19(16(14)21)9-11-3-5-12(17)6-4-11/h3-6,20H,7-9H2,1-2H3. The maximum Gasteiger partial charge on any atom is 0.259 e. The van der Waals surface area contributed by atoms with E-state index in [0.29, 0.717) is 30.8 Å². The molecule has 1 aromatic carbocycles. The van der Waals surface area contributed by atoms with Crippen LogP contribution in [0.5, 0.6) is 5.75 Å². The van der Waals surface area contributed by atoms with Crippen LogP contribution in [0.4, 0.5) is 4.39 Å². The van der Waals surface area contributed by atoms with Crippen molar-refractivity contribution in [3.63, 3.8) is 0 Å². The number of halogens is 1. The molecule has 0 saturated carbocycles. The Hall–Kier alpha value is -2.30. The van der Waals surface area contributed by atoms with Crippen LogP contribution in [0.15, 0.2) is 24.3 Å². The number of carbonyl (C=O) groups is 1. The first-order valence-corrected chi connectivity index (χ1v) is 6.90. The van der Waals surface area contributed by atoms with Gasteiger partial charge in [0.05, 0.1) is 5.69 Å². The Morgan fingerprint density at radius 1 is 1.29 bits per heavy atom. The summed E-state index contributed by atoms with van der Waals surface area (Å²) in [5.41, 5.74) is 2.87. The third kappa shape index (κ3) is 2.18. The van der Waals surface area contributed by atoms with Crippen LogP contribution in [0.25, 0.3) is 0 Å². The highest BCUT2D eigenvalue weighted by molar-refractivity contribution is 5.99. The zero-order chi connectivity index (χ0) is 15.1. The lowest BCUT2D eigenvalue weighted by Gasteiger charge is -2.27. The van der Waals surface area contributed by atoms with Gasteiger partial charge in [0.15, 0.2) is 0 Å². The molecule has 1 amide bonds. The van der Waals surface area contributed by atoms with Crippen LogP contribution in [0.3, 0.4) is 0 Å². The highest BCUT2D eigenvalue weighted by Crippen LogP contribution is 2.33. The summed E-state index contributed by atoms with van der Waals surface area (Å²) >= 11 is 0. The summed E-state index contributed by atoms with van der Waals surface area (Å²) in [6.45, 7) is 2.82. The smallest absolute Gasteiger partial charge is 0.259 e. The number of hydrogen-bond acceptors (Lipinski definition) is 2. The molecule has 0 saturated heterocycles. The van der Waals surface area contributed by atoms with E-state index >= 15 is 0 Å². The fourth-order valence-electron chi connectivity index (χ4n) is 2.83. The minimum absolute atomic E-state index is 0.0707. The molecule has 1 aliphatic rings. The zero-order valence-electron chi connectivity index (χ0n) is 12.1. The second-order valence-corrected chi connectivity index (χ2v) is 5.42. The molecule has 0 spiro atoms. The Kier molecular flexibility index (Phi) is 3.20. The maximum absolute atomic E-state index is 12.9. The van der Waals surface area contributed by atoms with E-state index in [9.17, 15) is 14.3 Å². The maximum atomic E-state index is 12.9. The number of carbonyl (C=O) groups excluding carboxylic acids is 1. The fourth-order valence-corrected chi connectivity index (χ4v) is 2.83. The molecule has 3 rings (SSSR count). The van der Waals surface area contributed by atoms with Gasteiger partial charge in [-0.05, 0) is 24.6 Å². The van der Waals surface area contributed by atoms with Crippen LogP contribution in [0.1, 0.15) is 27.3 Å². The number of fused-ring (bicyclic) bond motifs is 1. The lowest BCUT2D eigenvalue weighted by Crippen LogP contribution is -2.37. The average Bonchev–Trinajstić information content (AvgIpc) is 2.69. The Bertz CT molecular complexity index is 704. The summed E-state index contributed by atoms with van der Waals surface area (Å²) < 4.78 is 14.8. The van der Waals surface area contributed by atoms with Crippen LogP contribution in [0.2, 0.25) is 0 Å². The molecule has 0 aliphatic carbocycles. The van der Waals surface area contributed by atoms with E-state index in [4.69, 9.17) is 0 Å². The van der Waals surface area contributed by atoms with Crippen molar-refractivity contribution in [3.05, 3.63) is 52.6 Å². The summed E-state index contributed by atoms with van der Waals surface area (Å²) in [4.78, 5) is 14.2. The summed E-state index contributed by atoms with van der Waals surface area (Å²) in [6, 6.07) is 6.13. The summed E-state index contributed by atoms with van der Waals surface area (Å²) in [7, 11) is 1.86. The third-order valence-corrected chi connectivity index (χ3v) is 4.18. The van der Waals surface area contributed by atoms with Gasteiger partial charge in [-0.3, -0.25) is 4.79 Å². The summed E-state index contributed by atoms with van der Waals surface area (Å²) in [6.07, 6.45) is 0.709. The van der Waals surface area contributed by atoms with Crippen LogP contribution >= 0.6 is 0 Å². The SMILES string of the molecule is Cc1c(O)c2c(n1C)CCN(Cc1ccc(F)cc1)C2=O. The van der Waals surface area contributed by atoms with E-state index in [1.807, 2.05) is 11.6 Å². The molecule has 21 heavy (non-hydrogen) atoms. The predicted octanol–water partition coefficient (Wildman–Crippen LogP) is 2.38. The van der Waals surface area contributed by atoms with Gasteiger partial charge in [0.1, 0.15) is 17.1 Å². The number of benzene rings is 1. The molecule has 1 aliphatic heterocycles. The van der Waals surface area contributed by atoms with Crippen LogP contribution in [-0.4, -0.2) is 27.0 Å². The number of hydrogen-bond donors (Lipinski definition) is 1. The molecule has 2 aromatic rings. The number of rotatable bonds is 2. The Morgan fingerprint density at radius 2 is 1.95 bits per heavy atom. The van der Waals surface area contributed by atoms with E-state index in [0.717, 1.165) is 11.3 Å². The Balaban J connectivity index is 1.89. The third-order valence-electron chi connectivity index (χ3n) is 4.18. The van der Waals surface area contributed by atoms with Gasteiger partial charge in [0, 0.05) is 32.3 Å². The monoisotopic (exact) mass is 288 g/mol. The molecule has 0 atom stereocenters. The highest BCUT2D eigenvalue weighted by atomic mass is 19.1. The average molecular weight is 288 g/mol. The lowest BCUT2D eigenvalue weighted by atomic mass is 10.1. The number of amides is 1. The Labute approximate surface area is 122 Å². The van der Waals surface area contributed by atoms with Gasteiger partial charge >= 0.3 is 0 Å². The van der Waals surface area contributed by atoms with Crippen molar-refractivity contribution < 1.29 is 14.3 Å². The topological polar surface area (TPSA) is 45.5 Å². The molecular formula is C16H17FN2O2. The van der Waals surface area contributed by atoms with Gasteiger partial charge in [0.25, 0.3) is 5.91 Å². The lowest BCUT2D eigenvalue weighted by molar-refractivity contribution is 0.0722. The van der Waals surface area contributed by atoms with Gasteiger partial charge in [0.2, 0.25) is 0 Å². The summed E-state index contributed by atoms with van der Waals surface area (Å²) in [5, 5.41) is 10.1. The molecule has 2 heterocycles. The van der Waals surface area contributed by atoms with Crippen LogP contribution < -0.4 is 0 Å². The first kappa shape index (κ1) is 13.7. The minimum Gasteiger partial charge on any atom is -0.505 e. The molecule has 5 heteroatoms. The van der Waals surface area contributed by atoms with E-state index in [1.54, 1.807) is 24.0 Å². The van der Waals surface area contributed by atoms with Crippen molar-refractivity contribution in [2.75, 3.05) is 6.54 Å². The summed E-state index contributed by atoms with van der Waals surface area (Å²) in [5.74, 6) is -0.384. The van der Waals surface area contributed by atoms with Crippen LogP contribution in [-0.2, 0) is 20.0 Å². The van der Waals surface area contributed by atoms with Crippen molar-refractivity contribution >= 4 is 5.91 Å². The quantitative estimate of drug-likeness (QED) is 0.922. The van der Waals surface area contributed by atoms with Crippen molar-refractivity contribution in [2.24, 2.45) is 7.05 Å². The van der Waals surface area contributed by atoms with Crippen molar-refractivity contribution in [1.29, 1.82) is 0 Å². The van der Waals surface area contributed by atoms with Gasteiger partial charge in [-0.25, -0.2) is 4.39 Å². The van der Waals surface area contributed by atoms with Gasteiger partial charge in [-0.2, -0.15) is 0 Å². The van der Waals surface area contributed by atoms with Gasteiger partial charge < -0.3 is 14.6 Å². The van der Waals surface area contributed by atoms with E-state index in [1.165, 1.54) is 12.1 Å². The fraction of sp³-hybridized carbons (Fsp3) is 0.312. The number of nitrogens with zero attached hydrogens (tertiary/aromatic N) is 2. The predicted molar refractivity (Wildman–Crippen MR) is 76.7 cm³/mol. The molecule has 110 valence electrons. The molecule has 0 bridgehead atoms. The first-order valence-electron chi connectivity index (χ1n) is 6.90. The molecular weight excluding hydrogens is 271 g/mol. The highest BCUT2D eigenvalue weighted by Gasteiger charge is 2.31. The van der Waals surface area contributed by atoms with Crippen LogP contribution in [0, 0.1) is 12.7 Å². The number of aromatic nitrogens is 1. The number of aromatic hydroxyl groups is 1. The van der Waals surface area contributed by atoms with Crippen molar-refractivity contribution in [3.8, 4) is 5.75 Å². The molecule has 4 nitrogen and oxygen atoms in total. The van der Waals surface area contributed by atoms with Crippen molar-refractivity contribution in [2.45, 2.75) is 19.9 Å². The molecule has 0 unspecified atom stereocenters. The van der Waals surface area contributed by atoms with E-state index in [2.05, 4.69) is 0 Å². The van der Waals surface area contributed by atoms with Gasteiger partial charge in [-0.1, -0.05) is 12.1 Å². The second-order valence-electron chi connectivity index (χ2n) is 5.42. The van der Waals surface area contributed by atoms with Gasteiger partial charge in [-0.15, -0.1) is 0 Å². The van der Waals surface area contributed by atoms with E-state index < -0.39 is 0 Å². The second kappa shape index (κ2) is 4.91. The Morgan fingerprint density at radius 3 is 2.62 bits per heavy atom. The molecule has 0 fully saturated rings. The first-order chi connectivity index (χ1) is 9.99. The molecule has 1 aromatic heterocycles. The van der Waals surface area contributed by atoms with Crippen molar-refractivity contribution in [1.82, 2.24) is 9.47 Å². The zero-order valence-corrected chi connectivity index (χ0v) is 12.1. The largest absolute Gasteiger partial charge is 0.505 e. The van der Waals surface area contributed by atoms with E-state index in [-0.39, 0.29) is 17.5 Å². The minimum atomic E-state index is -0.290. The normalized spacial score (nSPS) is 14.4.